The number of thiophene rings is 1. The zero-order valence-electron chi connectivity index (χ0n) is 12.5. The van der Waals surface area contributed by atoms with Crippen molar-refractivity contribution in [3.63, 3.8) is 0 Å². The summed E-state index contributed by atoms with van der Waals surface area (Å²) in [6, 6.07) is 5.54. The van der Waals surface area contributed by atoms with Gasteiger partial charge < -0.3 is 5.32 Å². The van der Waals surface area contributed by atoms with E-state index in [9.17, 15) is 9.59 Å². The molecule has 8 heteroatoms. The second-order valence-corrected chi connectivity index (χ2v) is 5.83. The van der Waals surface area contributed by atoms with Gasteiger partial charge in [0.25, 0.3) is 11.9 Å². The quantitative estimate of drug-likeness (QED) is 0.859. The van der Waals surface area contributed by atoms with E-state index in [1.165, 1.54) is 22.9 Å². The van der Waals surface area contributed by atoms with Gasteiger partial charge in [0.2, 0.25) is 5.91 Å². The lowest BCUT2D eigenvalue weighted by Crippen LogP contribution is -2.24. The number of anilines is 1. The van der Waals surface area contributed by atoms with Crippen LogP contribution in [0.15, 0.2) is 45.7 Å². The Morgan fingerprint density at radius 3 is 2.78 bits per heavy atom. The Labute approximate surface area is 136 Å². The first-order chi connectivity index (χ1) is 11.0. The number of amides is 2. The minimum Gasteiger partial charge on any atom is -0.311 e. The molecule has 2 amide bonds. The normalized spacial score (nSPS) is 14.5. The first-order valence-corrected chi connectivity index (χ1v) is 7.63. The lowest BCUT2D eigenvalue weighted by molar-refractivity contribution is -0.114. The third-order valence-electron chi connectivity index (χ3n) is 3.14. The molecule has 23 heavy (non-hydrogen) atoms. The molecule has 1 aliphatic heterocycles. The molecule has 3 heterocycles. The van der Waals surface area contributed by atoms with Gasteiger partial charge in [-0.25, -0.2) is 4.99 Å². The van der Waals surface area contributed by atoms with Crippen molar-refractivity contribution in [2.75, 3.05) is 5.32 Å². The van der Waals surface area contributed by atoms with Gasteiger partial charge in [0.15, 0.2) is 0 Å². The van der Waals surface area contributed by atoms with Crippen LogP contribution in [0.3, 0.4) is 0 Å². The molecule has 0 aromatic carbocycles. The smallest absolute Gasteiger partial charge is 0.281 e. The van der Waals surface area contributed by atoms with Crippen LogP contribution in [0.2, 0.25) is 0 Å². The zero-order chi connectivity index (χ0) is 16.6. The Hall–Kier alpha value is -2.87. The van der Waals surface area contributed by atoms with Gasteiger partial charge in [0.05, 0.1) is 16.2 Å². The number of carbonyl (C=O) groups excluding carboxylic acids is 2. The lowest BCUT2D eigenvalue weighted by Gasteiger charge is -2.12. The number of hydrogen-bond donors (Lipinski definition) is 1. The molecule has 0 aliphatic carbocycles. The molecule has 0 saturated heterocycles. The first-order valence-electron chi connectivity index (χ1n) is 6.75. The molecule has 0 fully saturated rings. The predicted octanol–water partition coefficient (Wildman–Crippen LogP) is 2.33. The van der Waals surface area contributed by atoms with Crippen molar-refractivity contribution < 1.29 is 9.59 Å². The van der Waals surface area contributed by atoms with E-state index in [2.05, 4.69) is 27.0 Å². The number of aliphatic imine (C=N–C) groups is 2. The van der Waals surface area contributed by atoms with Crippen molar-refractivity contribution >= 4 is 40.6 Å². The highest BCUT2D eigenvalue weighted by Gasteiger charge is 2.22. The Morgan fingerprint density at radius 2 is 2.17 bits per heavy atom. The van der Waals surface area contributed by atoms with Crippen LogP contribution in [-0.4, -0.2) is 33.3 Å². The highest BCUT2D eigenvalue weighted by atomic mass is 32.1. The number of aromatic nitrogens is 2. The third-order valence-corrected chi connectivity index (χ3v) is 4.03. The summed E-state index contributed by atoms with van der Waals surface area (Å²) in [6.07, 6.45) is 0. The Kier molecular flexibility index (Phi) is 3.75. The lowest BCUT2D eigenvalue weighted by atomic mass is 10.2. The van der Waals surface area contributed by atoms with E-state index in [4.69, 9.17) is 0 Å². The van der Waals surface area contributed by atoms with Gasteiger partial charge in [-0.05, 0) is 18.4 Å². The van der Waals surface area contributed by atoms with E-state index >= 15 is 0 Å². The Morgan fingerprint density at radius 1 is 1.39 bits per heavy atom. The average Bonchev–Trinajstić information content (AvgIpc) is 3.12. The molecule has 0 atom stereocenters. The van der Waals surface area contributed by atoms with E-state index < -0.39 is 5.91 Å². The molecule has 0 unspecified atom stereocenters. The summed E-state index contributed by atoms with van der Waals surface area (Å²) < 4.78 is 1.35. The fourth-order valence-corrected chi connectivity index (χ4v) is 2.68. The van der Waals surface area contributed by atoms with Crippen LogP contribution < -0.4 is 5.32 Å². The molecule has 116 valence electrons. The average molecular weight is 327 g/mol. The van der Waals surface area contributed by atoms with Crippen LogP contribution in [-0.2, 0) is 9.59 Å². The van der Waals surface area contributed by atoms with Gasteiger partial charge in [-0.15, -0.1) is 11.3 Å². The van der Waals surface area contributed by atoms with Gasteiger partial charge in [-0.2, -0.15) is 14.8 Å². The van der Waals surface area contributed by atoms with Gasteiger partial charge in [0, 0.05) is 13.0 Å². The molecule has 0 bridgehead atoms. The fraction of sp³-hybridized carbons (Fsp3) is 0.133. The molecule has 1 aliphatic rings. The van der Waals surface area contributed by atoms with Crippen molar-refractivity contribution in [3.05, 3.63) is 35.7 Å². The largest absolute Gasteiger partial charge is 0.311 e. The molecular weight excluding hydrogens is 314 g/mol. The minimum atomic E-state index is -0.463. The second kappa shape index (κ2) is 5.73. The van der Waals surface area contributed by atoms with E-state index in [0.717, 1.165) is 4.88 Å². The van der Waals surface area contributed by atoms with Crippen molar-refractivity contribution in [1.29, 1.82) is 0 Å². The van der Waals surface area contributed by atoms with Crippen LogP contribution in [0, 0.1) is 0 Å². The van der Waals surface area contributed by atoms with E-state index in [1.54, 1.807) is 13.0 Å². The SMILES string of the molecule is C=C1C(=O)N=C(n2nc(-c3cccs3)cc2NC(C)=O)N=C1C. The molecular formula is C15H13N5O2S. The van der Waals surface area contributed by atoms with Crippen molar-refractivity contribution in [3.8, 4) is 10.6 Å². The number of hydrogen-bond acceptors (Lipinski definition) is 5. The van der Waals surface area contributed by atoms with Crippen molar-refractivity contribution in [2.24, 2.45) is 9.98 Å². The van der Waals surface area contributed by atoms with Crippen LogP contribution >= 0.6 is 11.3 Å². The van der Waals surface area contributed by atoms with Crippen LogP contribution in [0.4, 0.5) is 5.82 Å². The van der Waals surface area contributed by atoms with Gasteiger partial charge in [-0.3, -0.25) is 9.59 Å². The van der Waals surface area contributed by atoms with Crippen LogP contribution in [0.1, 0.15) is 13.8 Å². The number of rotatable bonds is 2. The summed E-state index contributed by atoms with van der Waals surface area (Å²) in [7, 11) is 0. The van der Waals surface area contributed by atoms with Gasteiger partial charge >= 0.3 is 0 Å². The summed E-state index contributed by atoms with van der Waals surface area (Å²) in [5.41, 5.74) is 1.39. The number of nitrogens with zero attached hydrogens (tertiary/aromatic N) is 4. The van der Waals surface area contributed by atoms with Crippen LogP contribution in [0.25, 0.3) is 10.6 Å². The number of carbonyl (C=O) groups is 2. The van der Waals surface area contributed by atoms with Crippen molar-refractivity contribution in [1.82, 2.24) is 9.78 Å². The minimum absolute atomic E-state index is 0.103. The summed E-state index contributed by atoms with van der Waals surface area (Å²) in [6.45, 7) is 6.71. The maximum atomic E-state index is 11.9. The summed E-state index contributed by atoms with van der Waals surface area (Å²) in [5.74, 6) is -0.214. The summed E-state index contributed by atoms with van der Waals surface area (Å²) in [4.78, 5) is 32.3. The van der Waals surface area contributed by atoms with Gasteiger partial charge in [0.1, 0.15) is 11.5 Å². The first kappa shape index (κ1) is 15.0. The summed E-state index contributed by atoms with van der Waals surface area (Å²) >= 11 is 1.52. The maximum Gasteiger partial charge on any atom is 0.281 e. The highest BCUT2D eigenvalue weighted by molar-refractivity contribution is 7.13. The molecule has 1 N–H and O–H groups in total. The topological polar surface area (TPSA) is 88.7 Å². The monoisotopic (exact) mass is 327 g/mol. The maximum absolute atomic E-state index is 11.9. The molecule has 0 radical (unpaired) electrons. The summed E-state index contributed by atoms with van der Waals surface area (Å²) in [5, 5.41) is 9.02. The number of nitrogens with one attached hydrogen (secondary N) is 1. The van der Waals surface area contributed by atoms with E-state index in [1.807, 2.05) is 17.5 Å². The molecule has 2 aromatic heterocycles. The standard InChI is InChI=1S/C15H13N5O2S/c1-8-9(2)16-15(18-14(8)22)20-13(17-10(3)21)7-11(19-20)12-5-4-6-23-12/h4-7H,1H2,2-3H3,(H,17,21). The third kappa shape index (κ3) is 2.88. The van der Waals surface area contributed by atoms with Crippen LogP contribution in [0.5, 0.6) is 0 Å². The van der Waals surface area contributed by atoms with Gasteiger partial charge in [-0.1, -0.05) is 12.6 Å². The van der Waals surface area contributed by atoms with E-state index in [-0.39, 0.29) is 17.4 Å². The molecule has 7 nitrogen and oxygen atoms in total. The predicted molar refractivity (Wildman–Crippen MR) is 89.9 cm³/mol. The fourth-order valence-electron chi connectivity index (χ4n) is 2.00. The Balaban J connectivity index is 2.11. The van der Waals surface area contributed by atoms with Crippen molar-refractivity contribution in [2.45, 2.75) is 13.8 Å². The molecule has 3 rings (SSSR count). The Bertz CT molecular complexity index is 874. The molecule has 2 aromatic rings. The second-order valence-electron chi connectivity index (χ2n) is 4.88. The molecule has 0 spiro atoms. The zero-order valence-corrected chi connectivity index (χ0v) is 13.3. The highest BCUT2D eigenvalue weighted by Crippen LogP contribution is 2.26. The van der Waals surface area contributed by atoms with E-state index in [0.29, 0.717) is 17.2 Å². The molecule has 0 saturated carbocycles.